The van der Waals surface area contributed by atoms with Gasteiger partial charge in [0.2, 0.25) is 0 Å². The second-order valence-electron chi connectivity index (χ2n) is 11.5. The van der Waals surface area contributed by atoms with Crippen LogP contribution in [0.4, 0.5) is 0 Å². The van der Waals surface area contributed by atoms with Crippen molar-refractivity contribution < 1.29 is 23.8 Å². The summed E-state index contributed by atoms with van der Waals surface area (Å²) in [6.45, 7) is 4.59. The molecular weight excluding hydrogens is 404 g/mol. The molecule has 5 nitrogen and oxygen atoms in total. The van der Waals surface area contributed by atoms with E-state index in [0.29, 0.717) is 30.8 Å². The van der Waals surface area contributed by atoms with Gasteiger partial charge < -0.3 is 14.2 Å². The fraction of sp³-hybridized carbons (Fsp3) is 0.852. The van der Waals surface area contributed by atoms with Crippen molar-refractivity contribution in [2.45, 2.75) is 103 Å². The first-order valence-electron chi connectivity index (χ1n) is 12.9. The number of carbonyl (C=O) groups is 2. The summed E-state index contributed by atoms with van der Waals surface area (Å²) in [5.74, 6) is 1.44. The molecule has 5 rings (SSSR count). The molecule has 0 radical (unpaired) electrons. The third-order valence-corrected chi connectivity index (χ3v) is 10.2. The Labute approximate surface area is 192 Å². The van der Waals surface area contributed by atoms with Crippen LogP contribution in [0.3, 0.4) is 0 Å². The molecule has 0 heterocycles. The summed E-state index contributed by atoms with van der Waals surface area (Å²) in [7, 11) is 1.79. The minimum Gasteiger partial charge on any atom is -0.462 e. The monoisotopic (exact) mass is 444 g/mol. The Morgan fingerprint density at radius 1 is 1.03 bits per heavy atom. The van der Waals surface area contributed by atoms with Gasteiger partial charge in [0.25, 0.3) is 0 Å². The molecule has 5 aliphatic rings. The molecule has 0 N–H and O–H groups in total. The molecule has 0 spiro atoms. The maximum absolute atomic E-state index is 12.4. The van der Waals surface area contributed by atoms with Gasteiger partial charge in [0.05, 0.1) is 6.61 Å². The number of hydrogen-bond donors (Lipinski definition) is 0. The van der Waals surface area contributed by atoms with Crippen molar-refractivity contribution in [3.63, 3.8) is 0 Å². The number of carbonyl (C=O) groups excluding carboxylic acids is 2. The summed E-state index contributed by atoms with van der Waals surface area (Å²) >= 11 is 0. The predicted molar refractivity (Wildman–Crippen MR) is 121 cm³/mol. The van der Waals surface area contributed by atoms with Gasteiger partial charge >= 0.3 is 5.97 Å². The largest absolute Gasteiger partial charge is 0.462 e. The Hall–Kier alpha value is -1.20. The van der Waals surface area contributed by atoms with Crippen LogP contribution in [-0.2, 0) is 23.8 Å². The van der Waals surface area contributed by atoms with Crippen molar-refractivity contribution in [2.24, 2.45) is 28.6 Å². The van der Waals surface area contributed by atoms with Gasteiger partial charge in [-0.25, -0.2) is 0 Å². The summed E-state index contributed by atoms with van der Waals surface area (Å²) in [4.78, 5) is 24.1. The maximum atomic E-state index is 12.4. The van der Waals surface area contributed by atoms with Crippen molar-refractivity contribution in [3.05, 3.63) is 11.6 Å². The van der Waals surface area contributed by atoms with Gasteiger partial charge in [0.1, 0.15) is 6.10 Å². The Morgan fingerprint density at radius 3 is 2.53 bits per heavy atom. The quantitative estimate of drug-likeness (QED) is 0.422. The molecule has 6 atom stereocenters. The minimum atomic E-state index is -0.439. The molecule has 4 fully saturated rings. The highest BCUT2D eigenvalue weighted by Gasteiger charge is 2.61. The van der Waals surface area contributed by atoms with E-state index in [9.17, 15) is 9.59 Å². The number of hydrogen-bond acceptors (Lipinski definition) is 5. The number of ether oxygens (including phenoxy) is 3. The van der Waals surface area contributed by atoms with Crippen LogP contribution in [0.15, 0.2) is 11.6 Å². The molecule has 0 saturated heterocycles. The van der Waals surface area contributed by atoms with Crippen molar-refractivity contribution in [2.75, 3.05) is 13.7 Å². The molecule has 0 amide bonds. The summed E-state index contributed by atoms with van der Waals surface area (Å²) in [6, 6.07) is 0. The van der Waals surface area contributed by atoms with E-state index in [0.717, 1.165) is 70.6 Å². The van der Waals surface area contributed by atoms with E-state index < -0.39 is 5.79 Å². The van der Waals surface area contributed by atoms with Gasteiger partial charge in [-0.3, -0.25) is 9.59 Å². The normalized spacial score (nSPS) is 42.6. The Balaban J connectivity index is 1.43. The van der Waals surface area contributed by atoms with E-state index >= 15 is 0 Å². The Kier molecular flexibility index (Phi) is 5.81. The molecule has 5 aliphatic carbocycles. The first kappa shape index (κ1) is 22.6. The Bertz CT molecular complexity index is 796. The summed E-state index contributed by atoms with van der Waals surface area (Å²) < 4.78 is 18.4. The molecule has 178 valence electrons. The van der Waals surface area contributed by atoms with Crippen LogP contribution < -0.4 is 0 Å². The third kappa shape index (κ3) is 3.50. The molecule has 0 aromatic heterocycles. The summed E-state index contributed by atoms with van der Waals surface area (Å²) in [5.41, 5.74) is 1.39. The van der Waals surface area contributed by atoms with Crippen molar-refractivity contribution in [1.29, 1.82) is 0 Å². The zero-order chi connectivity index (χ0) is 22.6. The lowest BCUT2D eigenvalue weighted by Crippen LogP contribution is -2.55. The zero-order valence-corrected chi connectivity index (χ0v) is 20.1. The van der Waals surface area contributed by atoms with Gasteiger partial charge in [-0.1, -0.05) is 12.5 Å². The van der Waals surface area contributed by atoms with Crippen molar-refractivity contribution in [3.8, 4) is 0 Å². The number of rotatable bonds is 5. The predicted octanol–water partition coefficient (Wildman–Crippen LogP) is 5.36. The molecule has 0 unspecified atom stereocenters. The smallest absolute Gasteiger partial charge is 0.302 e. The van der Waals surface area contributed by atoms with Crippen LogP contribution in [0.5, 0.6) is 0 Å². The van der Waals surface area contributed by atoms with Gasteiger partial charge in [-0.05, 0) is 81.6 Å². The fourth-order valence-corrected chi connectivity index (χ4v) is 8.56. The highest BCUT2D eigenvalue weighted by Crippen LogP contribution is 2.66. The fourth-order valence-electron chi connectivity index (χ4n) is 8.56. The Morgan fingerprint density at radius 2 is 1.81 bits per heavy atom. The first-order valence-corrected chi connectivity index (χ1v) is 12.9. The molecule has 32 heavy (non-hydrogen) atoms. The van der Waals surface area contributed by atoms with Crippen LogP contribution in [-0.4, -0.2) is 37.4 Å². The van der Waals surface area contributed by atoms with Gasteiger partial charge in [-0.2, -0.15) is 0 Å². The van der Waals surface area contributed by atoms with Crippen LogP contribution in [0.2, 0.25) is 0 Å². The van der Waals surface area contributed by atoms with E-state index in [4.69, 9.17) is 14.2 Å². The zero-order valence-electron chi connectivity index (χ0n) is 20.1. The molecule has 0 aromatic carbocycles. The standard InChI is InChI=1S/C27H40O5/c1-18(28)32-24-9-8-22-21-7-6-19-16-20(29)10-15-26(19,23(21)11-14-25(22,24)2)17-31-27(30-3)12-4-5-13-27/h16,21-24H,4-15,17H2,1-3H3/t21-,22-,23-,24-,25-,26+/m0/s1. The number of fused-ring (bicyclic) bond motifs is 5. The first-order chi connectivity index (χ1) is 15.3. The lowest BCUT2D eigenvalue weighted by Gasteiger charge is -2.59. The number of ketones is 1. The lowest BCUT2D eigenvalue weighted by atomic mass is 9.47. The number of esters is 1. The molecule has 0 bridgehead atoms. The molecule has 4 saturated carbocycles. The van der Waals surface area contributed by atoms with E-state index in [2.05, 4.69) is 6.92 Å². The van der Waals surface area contributed by atoms with Gasteiger partial charge in [0.15, 0.2) is 11.6 Å². The minimum absolute atomic E-state index is 0.0359. The molecule has 5 heteroatoms. The summed E-state index contributed by atoms with van der Waals surface area (Å²) in [6.07, 6.45) is 14.3. The third-order valence-electron chi connectivity index (χ3n) is 10.2. The second-order valence-corrected chi connectivity index (χ2v) is 11.5. The lowest BCUT2D eigenvalue weighted by molar-refractivity contribution is -0.239. The SMILES string of the molecule is COC1(OC[C@]23CCC(=O)C=C2CC[C@@H]2[C@@H]3CC[C@]3(C)[C@@H](OC(C)=O)CC[C@@H]23)CCCC1. The molecular formula is C27H40O5. The van der Waals surface area contributed by atoms with Crippen LogP contribution in [0.25, 0.3) is 0 Å². The van der Waals surface area contributed by atoms with E-state index in [1.807, 2.05) is 6.08 Å². The average molecular weight is 445 g/mol. The second kappa shape index (κ2) is 8.23. The van der Waals surface area contributed by atoms with Crippen LogP contribution >= 0.6 is 0 Å². The van der Waals surface area contributed by atoms with E-state index in [-0.39, 0.29) is 28.7 Å². The van der Waals surface area contributed by atoms with Crippen LogP contribution in [0, 0.1) is 28.6 Å². The molecule has 0 aliphatic heterocycles. The van der Waals surface area contributed by atoms with Gasteiger partial charge in [-0.15, -0.1) is 0 Å². The van der Waals surface area contributed by atoms with Crippen molar-refractivity contribution in [1.82, 2.24) is 0 Å². The maximum Gasteiger partial charge on any atom is 0.302 e. The van der Waals surface area contributed by atoms with Crippen LogP contribution in [0.1, 0.15) is 90.9 Å². The summed E-state index contributed by atoms with van der Waals surface area (Å²) in [5, 5.41) is 0. The highest BCUT2D eigenvalue weighted by molar-refractivity contribution is 5.91. The van der Waals surface area contributed by atoms with Gasteiger partial charge in [0, 0.05) is 44.1 Å². The average Bonchev–Trinajstić information content (AvgIpc) is 3.37. The highest BCUT2D eigenvalue weighted by atomic mass is 16.7. The topological polar surface area (TPSA) is 61.8 Å². The number of methoxy groups -OCH3 is 1. The molecule has 0 aromatic rings. The van der Waals surface area contributed by atoms with E-state index in [1.54, 1.807) is 14.0 Å². The van der Waals surface area contributed by atoms with Crippen molar-refractivity contribution >= 4 is 11.8 Å². The van der Waals surface area contributed by atoms with E-state index in [1.165, 1.54) is 5.57 Å².